The molecule has 25 heavy (non-hydrogen) atoms. The zero-order valence-corrected chi connectivity index (χ0v) is 15.4. The largest absolute Gasteiger partial charge is 0.484 e. The molecule has 1 amide bonds. The molecule has 2 aromatic carbocycles. The molecule has 0 radical (unpaired) electrons. The molecule has 3 aromatic rings. The van der Waals surface area contributed by atoms with Crippen LogP contribution in [0.4, 0.5) is 5.69 Å². The normalized spacial score (nSPS) is 10.5. The molecule has 3 rings (SSSR count). The van der Waals surface area contributed by atoms with Crippen LogP contribution in [-0.4, -0.2) is 5.91 Å². The van der Waals surface area contributed by atoms with Crippen LogP contribution in [0.15, 0.2) is 69.6 Å². The van der Waals surface area contributed by atoms with Gasteiger partial charge in [-0.15, -0.1) is 0 Å². The molecule has 1 heterocycles. The predicted molar refractivity (Wildman–Crippen MR) is 101 cm³/mol. The van der Waals surface area contributed by atoms with Crippen molar-refractivity contribution in [2.45, 2.75) is 20.0 Å². The highest BCUT2D eigenvalue weighted by molar-refractivity contribution is 9.10. The number of hydrogen-bond acceptors (Lipinski definition) is 3. The SMILES string of the molecule is CCc1ccc(NC(=O)c2ccc(COc3ccccc3Br)o2)cc1. The number of halogens is 1. The molecular weight excluding hydrogens is 382 g/mol. The van der Waals surface area contributed by atoms with Crippen LogP contribution in [-0.2, 0) is 13.0 Å². The van der Waals surface area contributed by atoms with Crippen molar-refractivity contribution in [1.82, 2.24) is 0 Å². The number of carbonyl (C=O) groups excluding carboxylic acids is 1. The third kappa shape index (κ3) is 4.51. The van der Waals surface area contributed by atoms with E-state index in [1.165, 1.54) is 5.56 Å². The molecule has 1 aromatic heterocycles. The molecule has 0 fully saturated rings. The molecule has 128 valence electrons. The maximum absolute atomic E-state index is 12.3. The summed E-state index contributed by atoms with van der Waals surface area (Å²) in [7, 11) is 0. The first-order valence-electron chi connectivity index (χ1n) is 8.02. The van der Waals surface area contributed by atoms with Gasteiger partial charge in [-0.05, 0) is 64.3 Å². The Hall–Kier alpha value is -2.53. The Balaban J connectivity index is 1.60. The van der Waals surface area contributed by atoms with E-state index >= 15 is 0 Å². The van der Waals surface area contributed by atoms with Gasteiger partial charge in [-0.25, -0.2) is 0 Å². The second-order valence-corrected chi connectivity index (χ2v) is 6.34. The first kappa shape index (κ1) is 17.3. The van der Waals surface area contributed by atoms with Crippen LogP contribution < -0.4 is 10.1 Å². The zero-order valence-electron chi connectivity index (χ0n) is 13.8. The summed E-state index contributed by atoms with van der Waals surface area (Å²) in [4.78, 5) is 12.3. The van der Waals surface area contributed by atoms with Crippen LogP contribution in [0.1, 0.15) is 28.8 Å². The van der Waals surface area contributed by atoms with Crippen molar-refractivity contribution in [2.75, 3.05) is 5.32 Å². The van der Waals surface area contributed by atoms with Crippen LogP contribution >= 0.6 is 15.9 Å². The van der Waals surface area contributed by atoms with Crippen molar-refractivity contribution in [1.29, 1.82) is 0 Å². The van der Waals surface area contributed by atoms with Crippen LogP contribution in [0.3, 0.4) is 0 Å². The average Bonchev–Trinajstić information content (AvgIpc) is 3.11. The second kappa shape index (κ2) is 8.03. The molecule has 0 saturated carbocycles. The Bertz CT molecular complexity index is 855. The van der Waals surface area contributed by atoms with Crippen molar-refractivity contribution in [3.8, 4) is 5.75 Å². The highest BCUT2D eigenvalue weighted by atomic mass is 79.9. The number of para-hydroxylation sites is 1. The lowest BCUT2D eigenvalue weighted by Gasteiger charge is -2.06. The van der Waals surface area contributed by atoms with E-state index in [4.69, 9.17) is 9.15 Å². The highest BCUT2D eigenvalue weighted by Gasteiger charge is 2.12. The Morgan fingerprint density at radius 2 is 1.84 bits per heavy atom. The molecule has 0 unspecified atom stereocenters. The summed E-state index contributed by atoms with van der Waals surface area (Å²) < 4.78 is 12.1. The van der Waals surface area contributed by atoms with Gasteiger partial charge < -0.3 is 14.5 Å². The summed E-state index contributed by atoms with van der Waals surface area (Å²) in [5.74, 6) is 1.28. The van der Waals surface area contributed by atoms with Crippen molar-refractivity contribution in [2.24, 2.45) is 0 Å². The maximum Gasteiger partial charge on any atom is 0.291 e. The number of nitrogens with one attached hydrogen (secondary N) is 1. The van der Waals surface area contributed by atoms with Crippen molar-refractivity contribution >= 4 is 27.5 Å². The number of hydrogen-bond donors (Lipinski definition) is 1. The van der Waals surface area contributed by atoms with Gasteiger partial charge in [0, 0.05) is 5.69 Å². The maximum atomic E-state index is 12.3. The number of furan rings is 1. The minimum absolute atomic E-state index is 0.251. The number of aryl methyl sites for hydroxylation is 1. The van der Waals surface area contributed by atoms with E-state index in [0.717, 1.165) is 22.3 Å². The van der Waals surface area contributed by atoms with Gasteiger partial charge in [0.1, 0.15) is 18.1 Å². The Morgan fingerprint density at radius 3 is 2.56 bits per heavy atom. The van der Waals surface area contributed by atoms with E-state index in [1.54, 1.807) is 12.1 Å². The quantitative estimate of drug-likeness (QED) is 0.600. The van der Waals surface area contributed by atoms with E-state index in [9.17, 15) is 4.79 Å². The summed E-state index contributed by atoms with van der Waals surface area (Å²) in [5.41, 5.74) is 1.96. The Labute approximate surface area is 154 Å². The van der Waals surface area contributed by atoms with Crippen molar-refractivity contribution in [3.05, 3.63) is 82.2 Å². The molecule has 0 bridgehead atoms. The topological polar surface area (TPSA) is 51.5 Å². The van der Waals surface area contributed by atoms with Gasteiger partial charge >= 0.3 is 0 Å². The average molecular weight is 400 g/mol. The van der Waals surface area contributed by atoms with Gasteiger partial charge in [-0.1, -0.05) is 31.2 Å². The van der Waals surface area contributed by atoms with Crippen LogP contribution in [0.25, 0.3) is 0 Å². The van der Waals surface area contributed by atoms with Crippen LogP contribution in [0.5, 0.6) is 5.75 Å². The summed E-state index contributed by atoms with van der Waals surface area (Å²) in [6.07, 6.45) is 0.966. The first-order valence-corrected chi connectivity index (χ1v) is 8.81. The van der Waals surface area contributed by atoms with E-state index in [-0.39, 0.29) is 18.3 Å². The van der Waals surface area contributed by atoms with Gasteiger partial charge in [0.15, 0.2) is 5.76 Å². The summed E-state index contributed by atoms with van der Waals surface area (Å²) >= 11 is 3.43. The molecule has 0 spiro atoms. The third-order valence-corrected chi connectivity index (χ3v) is 4.37. The van der Waals surface area contributed by atoms with E-state index in [1.807, 2.05) is 48.5 Å². The molecule has 5 heteroatoms. The van der Waals surface area contributed by atoms with Gasteiger partial charge in [0.25, 0.3) is 5.91 Å². The molecule has 0 aliphatic heterocycles. The second-order valence-electron chi connectivity index (χ2n) is 5.49. The third-order valence-electron chi connectivity index (χ3n) is 3.71. The van der Waals surface area contributed by atoms with Crippen LogP contribution in [0.2, 0.25) is 0 Å². The van der Waals surface area contributed by atoms with Crippen LogP contribution in [0, 0.1) is 0 Å². The number of anilines is 1. The highest BCUT2D eigenvalue weighted by Crippen LogP contribution is 2.25. The Kier molecular flexibility index (Phi) is 5.56. The summed E-state index contributed by atoms with van der Waals surface area (Å²) in [6.45, 7) is 2.34. The van der Waals surface area contributed by atoms with Gasteiger partial charge in [0.05, 0.1) is 4.47 Å². The van der Waals surface area contributed by atoms with Gasteiger partial charge in [-0.3, -0.25) is 4.79 Å². The zero-order chi connectivity index (χ0) is 17.6. The van der Waals surface area contributed by atoms with E-state index in [2.05, 4.69) is 28.2 Å². The fourth-order valence-electron chi connectivity index (χ4n) is 2.30. The molecular formula is C20H18BrNO3. The lowest BCUT2D eigenvalue weighted by atomic mass is 10.1. The molecule has 1 N–H and O–H groups in total. The smallest absolute Gasteiger partial charge is 0.291 e. The number of carbonyl (C=O) groups is 1. The summed E-state index contributed by atoms with van der Waals surface area (Å²) in [5, 5.41) is 2.82. The Morgan fingerprint density at radius 1 is 1.08 bits per heavy atom. The number of rotatable bonds is 6. The number of amides is 1. The van der Waals surface area contributed by atoms with Crippen molar-refractivity contribution in [3.63, 3.8) is 0 Å². The number of benzene rings is 2. The standard InChI is InChI=1S/C20H18BrNO3/c1-2-14-7-9-15(10-8-14)22-20(23)19-12-11-16(25-19)13-24-18-6-4-3-5-17(18)21/h3-12H,2,13H2,1H3,(H,22,23). The fraction of sp³-hybridized carbons (Fsp3) is 0.150. The van der Waals surface area contributed by atoms with E-state index in [0.29, 0.717) is 5.76 Å². The summed E-state index contributed by atoms with van der Waals surface area (Å²) in [6, 6.07) is 18.7. The lowest BCUT2D eigenvalue weighted by molar-refractivity contribution is 0.0992. The molecule has 4 nitrogen and oxygen atoms in total. The molecule has 0 atom stereocenters. The van der Waals surface area contributed by atoms with Crippen molar-refractivity contribution < 1.29 is 13.9 Å². The minimum Gasteiger partial charge on any atom is -0.484 e. The molecule has 0 aliphatic carbocycles. The first-order chi connectivity index (χ1) is 12.2. The van der Waals surface area contributed by atoms with E-state index < -0.39 is 0 Å². The monoisotopic (exact) mass is 399 g/mol. The minimum atomic E-state index is -0.281. The molecule has 0 aliphatic rings. The number of ether oxygens (including phenoxy) is 1. The molecule has 0 saturated heterocycles. The fourth-order valence-corrected chi connectivity index (χ4v) is 2.70. The van der Waals surface area contributed by atoms with Gasteiger partial charge in [-0.2, -0.15) is 0 Å². The lowest BCUT2D eigenvalue weighted by Crippen LogP contribution is -2.10. The predicted octanol–water partition coefficient (Wildman–Crippen LogP) is 5.44. The van der Waals surface area contributed by atoms with Gasteiger partial charge in [0.2, 0.25) is 0 Å².